The van der Waals surface area contributed by atoms with Crippen molar-refractivity contribution in [2.24, 2.45) is 7.05 Å². The second kappa shape index (κ2) is 7.85. The summed E-state index contributed by atoms with van der Waals surface area (Å²) in [5.74, 6) is 0.762. The minimum absolute atomic E-state index is 0.0541. The monoisotopic (exact) mass is 358 g/mol. The van der Waals surface area contributed by atoms with Crippen LogP contribution in [-0.2, 0) is 7.05 Å². The van der Waals surface area contributed by atoms with Crippen LogP contribution >= 0.6 is 0 Å². The predicted molar refractivity (Wildman–Crippen MR) is 93.8 cm³/mol. The molecule has 3 rings (SSSR count). The minimum atomic E-state index is -0.512. The van der Waals surface area contributed by atoms with Gasteiger partial charge in [-0.25, -0.2) is 14.5 Å². The van der Waals surface area contributed by atoms with Crippen LogP contribution in [-0.4, -0.2) is 55.9 Å². The van der Waals surface area contributed by atoms with Crippen molar-refractivity contribution in [3.05, 3.63) is 40.6 Å². The van der Waals surface area contributed by atoms with Gasteiger partial charge in [0.15, 0.2) is 0 Å². The number of hydrogen-bond donors (Lipinski definition) is 2. The first kappa shape index (κ1) is 17.7. The zero-order valence-corrected chi connectivity index (χ0v) is 14.1. The number of aromatic nitrogens is 4. The van der Waals surface area contributed by atoms with Gasteiger partial charge in [0.05, 0.1) is 24.6 Å². The van der Waals surface area contributed by atoms with Crippen LogP contribution in [0.3, 0.4) is 0 Å². The van der Waals surface area contributed by atoms with Crippen molar-refractivity contribution in [2.45, 2.75) is 0 Å². The number of nitrogens with zero attached hydrogens (tertiary/aromatic N) is 5. The standard InChI is InChI=1S/C16H18N6O4/c1-21-13(22(24)25)10-18-15(21)14-19-12-5-3-2-4-11(12)16(20-14)26-9-7-17-6-8-23/h2-5,10,17,23H,6-9H2,1H3. The summed E-state index contributed by atoms with van der Waals surface area (Å²) in [4.78, 5) is 23.4. The number of aliphatic hydroxyl groups is 1. The fraction of sp³-hybridized carbons (Fsp3) is 0.312. The van der Waals surface area contributed by atoms with E-state index in [0.29, 0.717) is 31.1 Å². The highest BCUT2D eigenvalue weighted by Crippen LogP contribution is 2.27. The summed E-state index contributed by atoms with van der Waals surface area (Å²) in [5.41, 5.74) is 0.654. The van der Waals surface area contributed by atoms with E-state index in [0.717, 1.165) is 5.39 Å². The summed E-state index contributed by atoms with van der Waals surface area (Å²) in [6.07, 6.45) is 1.17. The van der Waals surface area contributed by atoms with Gasteiger partial charge in [0, 0.05) is 13.1 Å². The van der Waals surface area contributed by atoms with Crippen molar-refractivity contribution in [1.82, 2.24) is 24.8 Å². The molecule has 0 bridgehead atoms. The summed E-state index contributed by atoms with van der Waals surface area (Å²) < 4.78 is 7.09. The lowest BCUT2D eigenvalue weighted by atomic mass is 10.2. The Morgan fingerprint density at radius 1 is 1.31 bits per heavy atom. The smallest absolute Gasteiger partial charge is 0.343 e. The topological polar surface area (TPSA) is 128 Å². The summed E-state index contributed by atoms with van der Waals surface area (Å²) >= 11 is 0. The van der Waals surface area contributed by atoms with Gasteiger partial charge in [-0.05, 0) is 17.1 Å². The molecule has 0 unspecified atom stereocenters. The Morgan fingerprint density at radius 3 is 2.85 bits per heavy atom. The first-order chi connectivity index (χ1) is 12.6. The van der Waals surface area contributed by atoms with Crippen LogP contribution in [0.1, 0.15) is 0 Å². The third-order valence-corrected chi connectivity index (χ3v) is 3.73. The molecule has 10 nitrogen and oxygen atoms in total. The highest BCUT2D eigenvalue weighted by molar-refractivity contribution is 5.84. The van der Waals surface area contributed by atoms with E-state index >= 15 is 0 Å². The van der Waals surface area contributed by atoms with Crippen LogP contribution in [0.2, 0.25) is 0 Å². The van der Waals surface area contributed by atoms with Gasteiger partial charge in [0.25, 0.3) is 5.82 Å². The number of fused-ring (bicyclic) bond motifs is 1. The molecule has 2 aromatic heterocycles. The van der Waals surface area contributed by atoms with Crippen molar-refractivity contribution in [1.29, 1.82) is 0 Å². The van der Waals surface area contributed by atoms with E-state index in [1.54, 1.807) is 7.05 Å². The van der Waals surface area contributed by atoms with E-state index in [9.17, 15) is 10.1 Å². The SMILES string of the molecule is Cn1c([N+](=O)[O-])cnc1-c1nc(OCCNCCO)c2ccccc2n1. The van der Waals surface area contributed by atoms with Gasteiger partial charge in [-0.1, -0.05) is 12.1 Å². The number of hydrogen-bond acceptors (Lipinski definition) is 8. The number of benzene rings is 1. The van der Waals surface area contributed by atoms with Gasteiger partial charge >= 0.3 is 5.82 Å². The third kappa shape index (κ3) is 3.60. The molecule has 0 aliphatic rings. The van der Waals surface area contributed by atoms with Crippen LogP contribution in [0.15, 0.2) is 30.5 Å². The molecule has 0 spiro atoms. The van der Waals surface area contributed by atoms with E-state index in [1.165, 1.54) is 10.8 Å². The second-order valence-corrected chi connectivity index (χ2v) is 5.45. The van der Waals surface area contributed by atoms with E-state index in [-0.39, 0.29) is 24.1 Å². The summed E-state index contributed by atoms with van der Waals surface area (Å²) in [7, 11) is 1.54. The van der Waals surface area contributed by atoms with E-state index in [2.05, 4.69) is 20.3 Å². The molecule has 0 amide bonds. The number of rotatable bonds is 8. The lowest BCUT2D eigenvalue weighted by molar-refractivity contribution is -0.391. The Balaban J connectivity index is 1.95. The largest absolute Gasteiger partial charge is 0.476 e. The van der Waals surface area contributed by atoms with Gasteiger partial charge in [-0.2, -0.15) is 4.98 Å². The van der Waals surface area contributed by atoms with E-state index in [4.69, 9.17) is 9.84 Å². The van der Waals surface area contributed by atoms with Crippen molar-refractivity contribution in [3.8, 4) is 17.5 Å². The first-order valence-corrected chi connectivity index (χ1v) is 7.99. The zero-order chi connectivity index (χ0) is 18.5. The highest BCUT2D eigenvalue weighted by Gasteiger charge is 2.22. The van der Waals surface area contributed by atoms with Gasteiger partial charge in [0.1, 0.15) is 12.8 Å². The Bertz CT molecular complexity index is 926. The molecule has 2 N–H and O–H groups in total. The molecule has 0 saturated heterocycles. The minimum Gasteiger partial charge on any atom is -0.476 e. The average molecular weight is 358 g/mol. The van der Waals surface area contributed by atoms with Crippen LogP contribution in [0.5, 0.6) is 5.88 Å². The highest BCUT2D eigenvalue weighted by atomic mass is 16.6. The summed E-state index contributed by atoms with van der Waals surface area (Å²) in [6, 6.07) is 7.35. The van der Waals surface area contributed by atoms with Gasteiger partial charge in [-0.3, -0.25) is 0 Å². The van der Waals surface area contributed by atoms with Crippen LogP contribution in [0.25, 0.3) is 22.6 Å². The van der Waals surface area contributed by atoms with Crippen LogP contribution in [0.4, 0.5) is 5.82 Å². The van der Waals surface area contributed by atoms with Crippen molar-refractivity contribution in [2.75, 3.05) is 26.3 Å². The normalized spacial score (nSPS) is 11.0. The predicted octanol–water partition coefficient (Wildman–Crippen LogP) is 0.899. The van der Waals surface area contributed by atoms with Crippen LogP contribution in [0, 0.1) is 10.1 Å². The molecule has 0 atom stereocenters. The number of para-hydroxylation sites is 1. The maximum Gasteiger partial charge on any atom is 0.343 e. The Morgan fingerprint density at radius 2 is 2.12 bits per heavy atom. The number of aliphatic hydroxyl groups excluding tert-OH is 1. The second-order valence-electron chi connectivity index (χ2n) is 5.45. The molecule has 10 heteroatoms. The molecule has 3 aromatic rings. The molecule has 0 aliphatic carbocycles. The third-order valence-electron chi connectivity index (χ3n) is 3.73. The quantitative estimate of drug-likeness (QED) is 0.345. The molecular weight excluding hydrogens is 340 g/mol. The lowest BCUT2D eigenvalue weighted by Crippen LogP contribution is -2.24. The molecule has 136 valence electrons. The Labute approximate surface area is 148 Å². The van der Waals surface area contributed by atoms with Crippen molar-refractivity contribution >= 4 is 16.7 Å². The maximum atomic E-state index is 11.0. The fourth-order valence-corrected chi connectivity index (χ4v) is 2.46. The summed E-state index contributed by atoms with van der Waals surface area (Å²) in [5, 5.41) is 23.6. The van der Waals surface area contributed by atoms with Crippen LogP contribution < -0.4 is 10.1 Å². The molecule has 0 aliphatic heterocycles. The fourth-order valence-electron chi connectivity index (χ4n) is 2.46. The number of nitrogens with one attached hydrogen (secondary N) is 1. The molecular formula is C16H18N6O4. The lowest BCUT2D eigenvalue weighted by Gasteiger charge is -2.10. The zero-order valence-electron chi connectivity index (χ0n) is 14.1. The molecule has 0 saturated carbocycles. The van der Waals surface area contributed by atoms with Gasteiger partial charge in [0.2, 0.25) is 11.7 Å². The first-order valence-electron chi connectivity index (χ1n) is 7.99. The Kier molecular flexibility index (Phi) is 5.34. The van der Waals surface area contributed by atoms with Gasteiger partial charge in [-0.15, -0.1) is 0 Å². The average Bonchev–Trinajstić information content (AvgIpc) is 3.03. The van der Waals surface area contributed by atoms with E-state index < -0.39 is 4.92 Å². The Hall–Kier alpha value is -3.11. The summed E-state index contributed by atoms with van der Waals surface area (Å²) in [6.45, 7) is 1.43. The molecule has 1 aromatic carbocycles. The van der Waals surface area contributed by atoms with Crippen molar-refractivity contribution < 1.29 is 14.8 Å². The molecule has 0 fully saturated rings. The van der Waals surface area contributed by atoms with Gasteiger partial charge < -0.3 is 25.3 Å². The maximum absolute atomic E-state index is 11.0. The number of imidazole rings is 1. The number of nitro groups is 1. The van der Waals surface area contributed by atoms with Crippen molar-refractivity contribution in [3.63, 3.8) is 0 Å². The van der Waals surface area contributed by atoms with E-state index in [1.807, 2.05) is 24.3 Å². The molecule has 26 heavy (non-hydrogen) atoms. The number of ether oxygens (including phenoxy) is 1. The molecule has 0 radical (unpaired) electrons. The molecule has 2 heterocycles.